The molecule has 30 heavy (non-hydrogen) atoms. The molecular formula is C22H28N6O2. The second-order valence-electron chi connectivity index (χ2n) is 8.06. The maximum absolute atomic E-state index is 13.3. The van der Waals surface area contributed by atoms with Crippen LogP contribution < -0.4 is 20.9 Å². The zero-order valence-electron chi connectivity index (χ0n) is 17.5. The van der Waals surface area contributed by atoms with Crippen molar-refractivity contribution in [2.45, 2.75) is 32.4 Å². The van der Waals surface area contributed by atoms with Crippen molar-refractivity contribution in [1.82, 2.24) is 30.8 Å². The van der Waals surface area contributed by atoms with E-state index in [1.54, 1.807) is 7.11 Å². The van der Waals surface area contributed by atoms with Gasteiger partial charge in [0.15, 0.2) is 11.5 Å². The fourth-order valence-electron chi connectivity index (χ4n) is 3.94. The van der Waals surface area contributed by atoms with Gasteiger partial charge in [-0.2, -0.15) is 0 Å². The number of fused-ring (bicyclic) bond motifs is 1. The minimum absolute atomic E-state index is 0.00773. The normalized spacial score (nSPS) is 19.9. The van der Waals surface area contributed by atoms with E-state index in [1.807, 2.05) is 53.1 Å². The number of nitrogens with zero attached hydrogens (tertiary/aromatic N) is 3. The number of hydrogen-bond acceptors (Lipinski definition) is 6. The highest BCUT2D eigenvalue weighted by Crippen LogP contribution is 2.28. The molecule has 8 heteroatoms. The molecule has 0 radical (unpaired) electrons. The minimum atomic E-state index is -0.243. The smallest absolute Gasteiger partial charge is 0.227 e. The lowest BCUT2D eigenvalue weighted by Gasteiger charge is -2.24. The van der Waals surface area contributed by atoms with Crippen molar-refractivity contribution in [1.29, 1.82) is 0 Å². The van der Waals surface area contributed by atoms with Crippen LogP contribution in [0.25, 0.3) is 5.65 Å². The van der Waals surface area contributed by atoms with Gasteiger partial charge in [0.05, 0.1) is 25.1 Å². The van der Waals surface area contributed by atoms with Gasteiger partial charge in [-0.1, -0.05) is 32.0 Å². The lowest BCUT2D eigenvalue weighted by Crippen LogP contribution is -2.38. The number of ether oxygens (including phenoxy) is 1. The molecule has 3 heterocycles. The Hall–Kier alpha value is -2.97. The van der Waals surface area contributed by atoms with Crippen molar-refractivity contribution in [2.24, 2.45) is 11.8 Å². The second-order valence-corrected chi connectivity index (χ2v) is 8.06. The molecule has 1 saturated heterocycles. The first-order valence-corrected chi connectivity index (χ1v) is 10.3. The third kappa shape index (κ3) is 4.15. The Balaban J connectivity index is 1.55. The Morgan fingerprint density at radius 1 is 1.23 bits per heavy atom. The van der Waals surface area contributed by atoms with E-state index >= 15 is 0 Å². The molecule has 0 aliphatic carbocycles. The summed E-state index contributed by atoms with van der Waals surface area (Å²) in [7, 11) is 1.64. The molecule has 2 unspecified atom stereocenters. The van der Waals surface area contributed by atoms with Gasteiger partial charge in [0.25, 0.3) is 0 Å². The van der Waals surface area contributed by atoms with Crippen molar-refractivity contribution in [3.05, 3.63) is 60.0 Å². The Morgan fingerprint density at radius 3 is 2.77 bits per heavy atom. The van der Waals surface area contributed by atoms with E-state index in [2.05, 4.69) is 40.2 Å². The maximum atomic E-state index is 13.3. The molecule has 1 fully saturated rings. The standard InChI is InChI=1S/C22H28N6O2/c1-14(2)12-18(21-27-25-19-6-4-5-11-28(19)21)24-22(29)17-13-23-26-20(17)15-7-9-16(30-3)10-8-15/h4-11,14,17-18,20,23,26H,12-13H2,1-3H3,(H,24,29)/t17?,18-,20?/m1/s1. The first kappa shape index (κ1) is 20.3. The predicted molar refractivity (Wildman–Crippen MR) is 114 cm³/mol. The fourth-order valence-corrected chi connectivity index (χ4v) is 3.94. The van der Waals surface area contributed by atoms with Gasteiger partial charge in [-0.05, 0) is 42.2 Å². The maximum Gasteiger partial charge on any atom is 0.227 e. The summed E-state index contributed by atoms with van der Waals surface area (Å²) in [5.41, 5.74) is 8.18. The van der Waals surface area contributed by atoms with Gasteiger partial charge in [-0.15, -0.1) is 10.2 Å². The van der Waals surface area contributed by atoms with Gasteiger partial charge >= 0.3 is 0 Å². The average Bonchev–Trinajstić information content (AvgIpc) is 3.40. The predicted octanol–water partition coefficient (Wildman–Crippen LogP) is 2.41. The van der Waals surface area contributed by atoms with Crippen molar-refractivity contribution in [2.75, 3.05) is 13.7 Å². The molecule has 0 saturated carbocycles. The number of amides is 1. The molecule has 1 aromatic carbocycles. The van der Waals surface area contributed by atoms with Gasteiger partial charge in [0.2, 0.25) is 5.91 Å². The van der Waals surface area contributed by atoms with Crippen LogP contribution in [0.1, 0.15) is 43.7 Å². The van der Waals surface area contributed by atoms with Gasteiger partial charge < -0.3 is 10.1 Å². The van der Waals surface area contributed by atoms with Crippen molar-refractivity contribution < 1.29 is 9.53 Å². The van der Waals surface area contributed by atoms with E-state index in [-0.39, 0.29) is 23.9 Å². The second kappa shape index (κ2) is 8.81. The molecule has 3 N–H and O–H groups in total. The SMILES string of the molecule is COc1ccc(C2NNCC2C(=O)N[C@H](CC(C)C)c2nnc3ccccn23)cc1. The lowest BCUT2D eigenvalue weighted by molar-refractivity contribution is -0.125. The van der Waals surface area contributed by atoms with E-state index in [9.17, 15) is 4.79 Å². The van der Waals surface area contributed by atoms with Crippen LogP contribution in [0.2, 0.25) is 0 Å². The average molecular weight is 409 g/mol. The third-order valence-electron chi connectivity index (χ3n) is 5.47. The minimum Gasteiger partial charge on any atom is -0.497 e. The van der Waals surface area contributed by atoms with Crippen LogP contribution in [-0.4, -0.2) is 34.2 Å². The number of hydrogen-bond donors (Lipinski definition) is 3. The molecule has 3 aromatic rings. The zero-order chi connectivity index (χ0) is 21.1. The number of carbonyl (C=O) groups excluding carboxylic acids is 1. The number of hydrazine groups is 1. The Kier molecular flexibility index (Phi) is 5.96. The molecule has 1 amide bonds. The molecule has 3 atom stereocenters. The summed E-state index contributed by atoms with van der Waals surface area (Å²) >= 11 is 0. The summed E-state index contributed by atoms with van der Waals surface area (Å²) in [6.45, 7) is 4.83. The Labute approximate surface area is 176 Å². The van der Waals surface area contributed by atoms with Crippen LogP contribution in [-0.2, 0) is 4.79 Å². The number of rotatable bonds is 7. The number of benzene rings is 1. The van der Waals surface area contributed by atoms with Crippen LogP contribution >= 0.6 is 0 Å². The molecular weight excluding hydrogens is 380 g/mol. The van der Waals surface area contributed by atoms with E-state index in [1.165, 1.54) is 0 Å². The highest BCUT2D eigenvalue weighted by atomic mass is 16.5. The molecule has 0 spiro atoms. The summed E-state index contributed by atoms with van der Waals surface area (Å²) in [6.07, 6.45) is 2.71. The number of pyridine rings is 1. The Bertz CT molecular complexity index is 1000. The lowest BCUT2D eigenvalue weighted by atomic mass is 9.93. The zero-order valence-corrected chi connectivity index (χ0v) is 17.5. The number of carbonyl (C=O) groups is 1. The summed E-state index contributed by atoms with van der Waals surface area (Å²) in [5.74, 6) is 1.69. The monoisotopic (exact) mass is 408 g/mol. The summed E-state index contributed by atoms with van der Waals surface area (Å²) in [5, 5.41) is 11.9. The largest absolute Gasteiger partial charge is 0.497 e. The molecule has 1 aliphatic heterocycles. The topological polar surface area (TPSA) is 92.6 Å². The van der Waals surface area contributed by atoms with Crippen molar-refractivity contribution in [3.8, 4) is 5.75 Å². The molecule has 4 rings (SSSR count). The third-order valence-corrected chi connectivity index (χ3v) is 5.47. The number of methoxy groups -OCH3 is 1. The molecule has 2 aromatic heterocycles. The molecule has 8 nitrogen and oxygen atoms in total. The van der Waals surface area contributed by atoms with Gasteiger partial charge in [-0.25, -0.2) is 5.43 Å². The van der Waals surface area contributed by atoms with Crippen LogP contribution in [0.4, 0.5) is 0 Å². The van der Waals surface area contributed by atoms with E-state index in [0.29, 0.717) is 12.5 Å². The summed E-state index contributed by atoms with van der Waals surface area (Å²) in [4.78, 5) is 13.3. The van der Waals surface area contributed by atoms with E-state index in [4.69, 9.17) is 4.74 Å². The number of nitrogens with one attached hydrogen (secondary N) is 3. The molecule has 1 aliphatic rings. The van der Waals surface area contributed by atoms with Crippen molar-refractivity contribution in [3.63, 3.8) is 0 Å². The van der Waals surface area contributed by atoms with E-state index in [0.717, 1.165) is 29.2 Å². The highest BCUT2D eigenvalue weighted by molar-refractivity contribution is 5.80. The molecule has 158 valence electrons. The first-order chi connectivity index (χ1) is 14.6. The van der Waals surface area contributed by atoms with Crippen LogP contribution in [0.15, 0.2) is 48.7 Å². The van der Waals surface area contributed by atoms with Crippen LogP contribution in [0, 0.1) is 11.8 Å². The van der Waals surface area contributed by atoms with Gasteiger partial charge in [-0.3, -0.25) is 14.6 Å². The first-order valence-electron chi connectivity index (χ1n) is 10.3. The van der Waals surface area contributed by atoms with Crippen molar-refractivity contribution >= 4 is 11.6 Å². The summed E-state index contributed by atoms with van der Waals surface area (Å²) in [6, 6.07) is 13.2. The Morgan fingerprint density at radius 2 is 2.03 bits per heavy atom. The quantitative estimate of drug-likeness (QED) is 0.556. The van der Waals surface area contributed by atoms with Gasteiger partial charge in [0.1, 0.15) is 5.75 Å². The summed E-state index contributed by atoms with van der Waals surface area (Å²) < 4.78 is 7.19. The number of aromatic nitrogens is 3. The molecule has 0 bridgehead atoms. The van der Waals surface area contributed by atoms with Crippen LogP contribution in [0.3, 0.4) is 0 Å². The fraction of sp³-hybridized carbons (Fsp3) is 0.409. The van der Waals surface area contributed by atoms with Crippen LogP contribution in [0.5, 0.6) is 5.75 Å². The van der Waals surface area contributed by atoms with E-state index < -0.39 is 0 Å². The van der Waals surface area contributed by atoms with Gasteiger partial charge in [0, 0.05) is 12.7 Å². The highest BCUT2D eigenvalue weighted by Gasteiger charge is 2.35.